The van der Waals surface area contributed by atoms with Gasteiger partial charge in [0.2, 0.25) is 5.91 Å². The maximum Gasteiger partial charge on any atom is 0.233 e. The minimum atomic E-state index is 0.0126. The van der Waals surface area contributed by atoms with Crippen molar-refractivity contribution in [1.29, 1.82) is 0 Å². The molecule has 0 bridgehead atoms. The van der Waals surface area contributed by atoms with Gasteiger partial charge in [-0.25, -0.2) is 0 Å². The summed E-state index contributed by atoms with van der Waals surface area (Å²) in [5.74, 6) is 0.0126. The predicted octanol–water partition coefficient (Wildman–Crippen LogP) is 0.831. The van der Waals surface area contributed by atoms with Crippen LogP contribution < -0.4 is 10.6 Å². The molecule has 3 nitrogen and oxygen atoms in total. The van der Waals surface area contributed by atoms with Crippen molar-refractivity contribution in [2.75, 3.05) is 13.6 Å². The number of benzene rings is 1. The highest BCUT2D eigenvalue weighted by Crippen LogP contribution is 2.05. The van der Waals surface area contributed by atoms with E-state index < -0.39 is 0 Å². The number of likely N-dealkylation sites (N-methyl/N-ethyl adjacent to an activating group) is 1. The highest BCUT2D eigenvalue weighted by atomic mass is 16.1. The van der Waals surface area contributed by atoms with Crippen LogP contribution in [-0.2, 0) is 11.3 Å². The zero-order valence-electron chi connectivity index (χ0n) is 8.63. The van der Waals surface area contributed by atoms with Gasteiger partial charge in [-0.1, -0.05) is 24.3 Å². The number of nitrogens with one attached hydrogen (secondary N) is 2. The summed E-state index contributed by atoms with van der Waals surface area (Å²) in [6.45, 7) is 3.17. The molecular formula is C11H16N2O. The fourth-order valence-corrected chi connectivity index (χ4v) is 1.21. The molecule has 0 aliphatic carbocycles. The van der Waals surface area contributed by atoms with Crippen molar-refractivity contribution in [3.63, 3.8) is 0 Å². The Kier molecular flexibility index (Phi) is 4.13. The Balaban J connectivity index is 2.39. The van der Waals surface area contributed by atoms with Crippen molar-refractivity contribution in [3.8, 4) is 0 Å². The van der Waals surface area contributed by atoms with Crippen molar-refractivity contribution in [2.45, 2.75) is 13.5 Å². The molecule has 0 spiro atoms. The Bertz CT molecular complexity index is 310. The van der Waals surface area contributed by atoms with Crippen LogP contribution >= 0.6 is 0 Å². The Morgan fingerprint density at radius 3 is 2.71 bits per heavy atom. The number of hydrogen-bond acceptors (Lipinski definition) is 2. The Morgan fingerprint density at radius 2 is 2.07 bits per heavy atom. The molecule has 0 heterocycles. The van der Waals surface area contributed by atoms with Gasteiger partial charge < -0.3 is 10.6 Å². The minimum Gasteiger partial charge on any atom is -0.358 e. The van der Waals surface area contributed by atoms with Gasteiger partial charge in [-0.05, 0) is 18.1 Å². The molecule has 0 aliphatic rings. The van der Waals surface area contributed by atoms with Crippen LogP contribution in [0.25, 0.3) is 0 Å². The summed E-state index contributed by atoms with van der Waals surface area (Å²) in [5.41, 5.74) is 2.48. The molecule has 1 aromatic rings. The van der Waals surface area contributed by atoms with E-state index in [2.05, 4.69) is 29.7 Å². The van der Waals surface area contributed by atoms with Gasteiger partial charge in [0.15, 0.2) is 0 Å². The molecular weight excluding hydrogens is 176 g/mol. The molecule has 0 radical (unpaired) electrons. The topological polar surface area (TPSA) is 41.1 Å². The first-order valence-corrected chi connectivity index (χ1v) is 4.70. The maximum absolute atomic E-state index is 10.9. The normalized spacial score (nSPS) is 9.86. The second-order valence-electron chi connectivity index (χ2n) is 3.20. The van der Waals surface area contributed by atoms with Crippen molar-refractivity contribution in [1.82, 2.24) is 10.6 Å². The van der Waals surface area contributed by atoms with Gasteiger partial charge >= 0.3 is 0 Å². The van der Waals surface area contributed by atoms with Gasteiger partial charge in [0, 0.05) is 13.6 Å². The molecule has 0 atom stereocenters. The van der Waals surface area contributed by atoms with Crippen LogP contribution in [0.4, 0.5) is 0 Å². The van der Waals surface area contributed by atoms with E-state index >= 15 is 0 Å². The SMILES string of the molecule is CNC(=O)CNCc1ccccc1C. The van der Waals surface area contributed by atoms with E-state index in [1.807, 2.05) is 12.1 Å². The second-order valence-corrected chi connectivity index (χ2v) is 3.20. The summed E-state index contributed by atoms with van der Waals surface area (Å²) < 4.78 is 0. The standard InChI is InChI=1S/C11H16N2O/c1-9-5-3-4-6-10(9)7-13-8-11(14)12-2/h3-6,13H,7-8H2,1-2H3,(H,12,14). The monoisotopic (exact) mass is 192 g/mol. The van der Waals surface area contributed by atoms with Gasteiger partial charge in [-0.2, -0.15) is 0 Å². The van der Waals surface area contributed by atoms with Crippen LogP contribution in [0.5, 0.6) is 0 Å². The minimum absolute atomic E-state index is 0.0126. The van der Waals surface area contributed by atoms with E-state index in [-0.39, 0.29) is 5.91 Å². The lowest BCUT2D eigenvalue weighted by atomic mass is 10.1. The smallest absolute Gasteiger partial charge is 0.233 e. The average molecular weight is 192 g/mol. The molecule has 0 saturated heterocycles. The zero-order valence-corrected chi connectivity index (χ0v) is 8.63. The zero-order chi connectivity index (χ0) is 10.4. The Morgan fingerprint density at radius 1 is 1.36 bits per heavy atom. The highest BCUT2D eigenvalue weighted by molar-refractivity contribution is 5.77. The van der Waals surface area contributed by atoms with Crippen molar-refractivity contribution in [2.24, 2.45) is 0 Å². The van der Waals surface area contributed by atoms with Crippen LogP contribution in [0.15, 0.2) is 24.3 Å². The lowest BCUT2D eigenvalue weighted by Gasteiger charge is -2.06. The van der Waals surface area contributed by atoms with Crippen LogP contribution in [-0.4, -0.2) is 19.5 Å². The number of amides is 1. The maximum atomic E-state index is 10.9. The molecule has 1 rings (SSSR count). The third-order valence-electron chi connectivity index (χ3n) is 2.14. The van der Waals surface area contributed by atoms with Gasteiger partial charge in [-0.3, -0.25) is 4.79 Å². The molecule has 2 N–H and O–H groups in total. The highest BCUT2D eigenvalue weighted by Gasteiger charge is 1.98. The molecule has 0 saturated carbocycles. The fourth-order valence-electron chi connectivity index (χ4n) is 1.21. The third kappa shape index (κ3) is 3.18. The quantitative estimate of drug-likeness (QED) is 0.742. The second kappa shape index (κ2) is 5.40. The van der Waals surface area contributed by atoms with Gasteiger partial charge in [0.05, 0.1) is 6.54 Å². The largest absolute Gasteiger partial charge is 0.358 e. The van der Waals surface area contributed by atoms with E-state index in [1.165, 1.54) is 11.1 Å². The number of hydrogen-bond donors (Lipinski definition) is 2. The predicted molar refractivity (Wildman–Crippen MR) is 57.0 cm³/mol. The van der Waals surface area contributed by atoms with Crippen molar-refractivity contribution in [3.05, 3.63) is 35.4 Å². The van der Waals surface area contributed by atoms with Crippen molar-refractivity contribution >= 4 is 5.91 Å². The summed E-state index contributed by atoms with van der Waals surface area (Å²) in [5, 5.41) is 5.65. The van der Waals surface area contributed by atoms with E-state index in [4.69, 9.17) is 0 Å². The molecule has 0 unspecified atom stereocenters. The molecule has 14 heavy (non-hydrogen) atoms. The molecule has 0 fully saturated rings. The fraction of sp³-hybridized carbons (Fsp3) is 0.364. The van der Waals surface area contributed by atoms with Crippen LogP contribution in [0.1, 0.15) is 11.1 Å². The Labute approximate surface area is 84.5 Å². The van der Waals surface area contributed by atoms with Gasteiger partial charge in [0.25, 0.3) is 0 Å². The van der Waals surface area contributed by atoms with Gasteiger partial charge in [-0.15, -0.1) is 0 Å². The summed E-state index contributed by atoms with van der Waals surface area (Å²) >= 11 is 0. The lowest BCUT2D eigenvalue weighted by molar-refractivity contribution is -0.119. The van der Waals surface area contributed by atoms with Crippen LogP contribution in [0.2, 0.25) is 0 Å². The molecule has 1 amide bonds. The van der Waals surface area contributed by atoms with Crippen LogP contribution in [0.3, 0.4) is 0 Å². The molecule has 0 aromatic heterocycles. The van der Waals surface area contributed by atoms with Crippen LogP contribution in [0, 0.1) is 6.92 Å². The summed E-state index contributed by atoms with van der Waals surface area (Å²) in [4.78, 5) is 10.9. The summed E-state index contributed by atoms with van der Waals surface area (Å²) in [7, 11) is 1.64. The third-order valence-corrected chi connectivity index (χ3v) is 2.14. The average Bonchev–Trinajstić information content (AvgIpc) is 2.20. The molecule has 76 valence electrons. The first-order chi connectivity index (χ1) is 6.74. The first kappa shape index (κ1) is 10.7. The first-order valence-electron chi connectivity index (χ1n) is 4.70. The van der Waals surface area contributed by atoms with Crippen molar-refractivity contribution < 1.29 is 4.79 Å². The van der Waals surface area contributed by atoms with E-state index in [9.17, 15) is 4.79 Å². The van der Waals surface area contributed by atoms with E-state index in [1.54, 1.807) is 7.05 Å². The number of aryl methyl sites for hydroxylation is 1. The number of carbonyl (C=O) groups excluding carboxylic acids is 1. The Hall–Kier alpha value is -1.35. The summed E-state index contributed by atoms with van der Waals surface area (Å²) in [6.07, 6.45) is 0. The lowest BCUT2D eigenvalue weighted by Crippen LogP contribution is -2.31. The molecule has 3 heteroatoms. The van der Waals surface area contributed by atoms with Gasteiger partial charge in [0.1, 0.15) is 0 Å². The van der Waals surface area contributed by atoms with E-state index in [0.717, 1.165) is 6.54 Å². The number of carbonyl (C=O) groups is 1. The summed E-state index contributed by atoms with van der Waals surface area (Å²) in [6, 6.07) is 8.14. The van der Waals surface area contributed by atoms with E-state index in [0.29, 0.717) is 6.54 Å². The molecule has 0 aliphatic heterocycles. The number of rotatable bonds is 4. The molecule has 1 aromatic carbocycles.